The summed E-state index contributed by atoms with van der Waals surface area (Å²) in [4.78, 5) is 32.3. The van der Waals surface area contributed by atoms with E-state index in [1.807, 2.05) is 63.2 Å². The first-order valence-electron chi connectivity index (χ1n) is 10.6. The Morgan fingerprint density at radius 2 is 1.85 bits per heavy atom. The molecule has 0 aliphatic rings. The van der Waals surface area contributed by atoms with E-state index in [2.05, 4.69) is 16.2 Å². The molecule has 2 aromatic carbocycles. The van der Waals surface area contributed by atoms with Gasteiger partial charge in [-0.3, -0.25) is 14.2 Å². The van der Waals surface area contributed by atoms with Crippen molar-refractivity contribution in [1.29, 1.82) is 5.26 Å². The van der Waals surface area contributed by atoms with Gasteiger partial charge in [-0.15, -0.1) is 0 Å². The Morgan fingerprint density at radius 3 is 2.55 bits per heavy atom. The topological polar surface area (TPSA) is 96.8 Å². The van der Waals surface area contributed by atoms with Crippen molar-refractivity contribution in [3.63, 3.8) is 0 Å². The highest BCUT2D eigenvalue weighted by atomic mass is 16.2. The molecule has 2 aromatic heterocycles. The zero-order chi connectivity index (χ0) is 23.5. The van der Waals surface area contributed by atoms with E-state index in [-0.39, 0.29) is 31.0 Å². The van der Waals surface area contributed by atoms with E-state index in [4.69, 9.17) is 5.26 Å². The van der Waals surface area contributed by atoms with Gasteiger partial charge < -0.3 is 4.90 Å². The Hall–Kier alpha value is -4.25. The van der Waals surface area contributed by atoms with Gasteiger partial charge in [0.1, 0.15) is 18.3 Å². The Balaban J connectivity index is 1.68. The average Bonchev–Trinajstić information content (AvgIpc) is 3.20. The molecule has 0 bridgehead atoms. The van der Waals surface area contributed by atoms with E-state index in [0.717, 1.165) is 22.4 Å². The minimum Gasteiger partial charge on any atom is -0.310 e. The summed E-state index contributed by atoms with van der Waals surface area (Å²) < 4.78 is 2.92. The first-order valence-corrected chi connectivity index (χ1v) is 10.6. The van der Waals surface area contributed by atoms with Crippen molar-refractivity contribution < 1.29 is 4.79 Å². The SMILES string of the molecule is Cc1cc(C)cc(N(CCC#N)C(=O)Cn2cnc3c(cnn3-c3ccccc3C)c2=O)c1. The summed E-state index contributed by atoms with van der Waals surface area (Å²) in [6.07, 6.45) is 3.05. The van der Waals surface area contributed by atoms with Crippen molar-refractivity contribution in [2.45, 2.75) is 33.7 Å². The van der Waals surface area contributed by atoms with Crippen LogP contribution in [0.1, 0.15) is 23.1 Å². The molecule has 4 rings (SSSR count). The molecule has 166 valence electrons. The fourth-order valence-corrected chi connectivity index (χ4v) is 3.94. The van der Waals surface area contributed by atoms with E-state index >= 15 is 0 Å². The third-order valence-corrected chi connectivity index (χ3v) is 5.47. The monoisotopic (exact) mass is 440 g/mol. The summed E-state index contributed by atoms with van der Waals surface area (Å²) in [7, 11) is 0. The van der Waals surface area contributed by atoms with Crippen LogP contribution < -0.4 is 10.5 Å². The number of fused-ring (bicyclic) bond motifs is 1. The number of rotatable bonds is 6. The highest BCUT2D eigenvalue weighted by molar-refractivity contribution is 5.93. The molecule has 0 aliphatic heterocycles. The number of aromatic nitrogens is 4. The van der Waals surface area contributed by atoms with Crippen LogP contribution in [-0.2, 0) is 11.3 Å². The van der Waals surface area contributed by atoms with E-state index < -0.39 is 0 Å². The van der Waals surface area contributed by atoms with Crippen LogP contribution in [0.15, 0.2) is 59.8 Å². The van der Waals surface area contributed by atoms with E-state index in [9.17, 15) is 9.59 Å². The number of carbonyl (C=O) groups excluding carboxylic acids is 1. The number of aryl methyl sites for hydroxylation is 3. The summed E-state index contributed by atoms with van der Waals surface area (Å²) in [6, 6.07) is 15.6. The van der Waals surface area contributed by atoms with Crippen molar-refractivity contribution in [1.82, 2.24) is 19.3 Å². The molecule has 0 aliphatic carbocycles. The van der Waals surface area contributed by atoms with Crippen LogP contribution in [0, 0.1) is 32.1 Å². The molecule has 0 saturated heterocycles. The predicted molar refractivity (Wildman–Crippen MR) is 126 cm³/mol. The number of nitriles is 1. The fourth-order valence-electron chi connectivity index (χ4n) is 3.94. The van der Waals surface area contributed by atoms with Gasteiger partial charge in [0.15, 0.2) is 5.65 Å². The number of hydrogen-bond donors (Lipinski definition) is 0. The van der Waals surface area contributed by atoms with Gasteiger partial charge in [0.05, 0.1) is 24.4 Å². The van der Waals surface area contributed by atoms with Gasteiger partial charge in [-0.2, -0.15) is 10.4 Å². The largest absolute Gasteiger partial charge is 0.310 e. The third-order valence-electron chi connectivity index (χ3n) is 5.47. The second-order valence-corrected chi connectivity index (χ2v) is 8.06. The lowest BCUT2D eigenvalue weighted by Crippen LogP contribution is -2.37. The molecular formula is C25H24N6O2. The highest BCUT2D eigenvalue weighted by Gasteiger charge is 2.19. The van der Waals surface area contributed by atoms with E-state index in [1.54, 1.807) is 9.58 Å². The second-order valence-electron chi connectivity index (χ2n) is 8.06. The summed E-state index contributed by atoms with van der Waals surface area (Å²) in [5.74, 6) is -0.287. The minimum atomic E-state index is -0.339. The van der Waals surface area contributed by atoms with Gasteiger partial charge in [0.25, 0.3) is 5.56 Å². The molecule has 0 spiro atoms. The predicted octanol–water partition coefficient (Wildman–Crippen LogP) is 3.45. The molecule has 0 N–H and O–H groups in total. The summed E-state index contributed by atoms with van der Waals surface area (Å²) in [5, 5.41) is 13.8. The average molecular weight is 441 g/mol. The maximum atomic E-state index is 13.2. The van der Waals surface area contributed by atoms with Crippen LogP contribution in [0.3, 0.4) is 0 Å². The first kappa shape index (κ1) is 22.0. The van der Waals surface area contributed by atoms with Crippen LogP contribution in [0.25, 0.3) is 16.7 Å². The Bertz CT molecular complexity index is 1420. The van der Waals surface area contributed by atoms with Crippen LogP contribution in [0.4, 0.5) is 5.69 Å². The smallest absolute Gasteiger partial charge is 0.264 e. The standard InChI is InChI=1S/C25H24N6O2/c1-17-11-18(2)13-20(12-17)30(10-6-9-26)23(32)15-29-16-27-24-21(25(29)33)14-28-31(24)22-8-5-4-7-19(22)3/h4-5,7-8,11-14,16H,6,10,15H2,1-3H3. The number of amides is 1. The lowest BCUT2D eigenvalue weighted by molar-refractivity contribution is -0.119. The molecule has 0 fully saturated rings. The second kappa shape index (κ2) is 9.09. The molecular weight excluding hydrogens is 416 g/mol. The lowest BCUT2D eigenvalue weighted by Gasteiger charge is -2.23. The van der Waals surface area contributed by atoms with Crippen molar-refractivity contribution >= 4 is 22.6 Å². The number of para-hydroxylation sites is 1. The van der Waals surface area contributed by atoms with E-state index in [1.165, 1.54) is 17.1 Å². The van der Waals surface area contributed by atoms with Crippen molar-refractivity contribution in [3.05, 3.63) is 82.0 Å². The first-order chi connectivity index (χ1) is 15.9. The molecule has 0 saturated carbocycles. The minimum absolute atomic E-state index is 0.185. The number of benzene rings is 2. The summed E-state index contributed by atoms with van der Waals surface area (Å²) in [6.45, 7) is 5.94. The molecule has 0 radical (unpaired) electrons. The van der Waals surface area contributed by atoms with Crippen molar-refractivity contribution in [2.75, 3.05) is 11.4 Å². The van der Waals surface area contributed by atoms with Crippen molar-refractivity contribution in [3.8, 4) is 11.8 Å². The van der Waals surface area contributed by atoms with Crippen LogP contribution in [0.2, 0.25) is 0 Å². The maximum absolute atomic E-state index is 13.2. The zero-order valence-electron chi connectivity index (χ0n) is 18.8. The quantitative estimate of drug-likeness (QED) is 0.457. The summed E-state index contributed by atoms with van der Waals surface area (Å²) in [5.41, 5.74) is 4.69. The molecule has 0 unspecified atom stereocenters. The van der Waals surface area contributed by atoms with Gasteiger partial charge in [-0.1, -0.05) is 24.3 Å². The number of nitrogens with zero attached hydrogens (tertiary/aromatic N) is 6. The van der Waals surface area contributed by atoms with Gasteiger partial charge in [-0.25, -0.2) is 9.67 Å². The van der Waals surface area contributed by atoms with Crippen LogP contribution >= 0.6 is 0 Å². The Kier molecular flexibility index (Phi) is 6.05. The number of anilines is 1. The molecule has 8 heteroatoms. The normalized spacial score (nSPS) is 10.8. The zero-order valence-corrected chi connectivity index (χ0v) is 18.8. The van der Waals surface area contributed by atoms with Gasteiger partial charge in [0, 0.05) is 12.2 Å². The van der Waals surface area contributed by atoms with Crippen molar-refractivity contribution in [2.24, 2.45) is 0 Å². The third kappa shape index (κ3) is 4.39. The Morgan fingerprint density at radius 1 is 1.12 bits per heavy atom. The number of carbonyl (C=O) groups is 1. The molecule has 2 heterocycles. The molecule has 33 heavy (non-hydrogen) atoms. The Labute approximate surface area is 191 Å². The molecule has 4 aromatic rings. The molecule has 0 atom stereocenters. The maximum Gasteiger partial charge on any atom is 0.264 e. The van der Waals surface area contributed by atoms with Gasteiger partial charge in [0.2, 0.25) is 5.91 Å². The lowest BCUT2D eigenvalue weighted by atomic mass is 10.1. The number of hydrogen-bond acceptors (Lipinski definition) is 5. The fraction of sp³-hybridized carbons (Fsp3) is 0.240. The highest BCUT2D eigenvalue weighted by Crippen LogP contribution is 2.20. The van der Waals surface area contributed by atoms with Crippen LogP contribution in [-0.4, -0.2) is 31.8 Å². The van der Waals surface area contributed by atoms with Crippen LogP contribution in [0.5, 0.6) is 0 Å². The summed E-state index contributed by atoms with van der Waals surface area (Å²) >= 11 is 0. The van der Waals surface area contributed by atoms with E-state index in [0.29, 0.717) is 16.7 Å². The molecule has 1 amide bonds. The van der Waals surface area contributed by atoms with Gasteiger partial charge >= 0.3 is 0 Å². The molecule has 8 nitrogen and oxygen atoms in total. The van der Waals surface area contributed by atoms with Gasteiger partial charge in [-0.05, 0) is 55.7 Å².